The molecule has 120 valence electrons. The van der Waals surface area contributed by atoms with Gasteiger partial charge in [-0.3, -0.25) is 0 Å². The van der Waals surface area contributed by atoms with Crippen LogP contribution in [0.25, 0.3) is 16.9 Å². The average molecular weight is 339 g/mol. The fraction of sp³-hybridized carbons (Fsp3) is 0.133. The van der Waals surface area contributed by atoms with E-state index in [1.54, 1.807) is 16.6 Å². The number of nitrogens with zero attached hydrogens (tertiary/aromatic N) is 5. The molecule has 0 atom stereocenters. The monoisotopic (exact) mass is 339 g/mol. The maximum atomic E-state index is 5.83. The molecule has 4 N–H and O–H groups in total. The highest BCUT2D eigenvalue weighted by atomic mass is 32.2. The summed E-state index contributed by atoms with van der Waals surface area (Å²) in [5.74, 6) is 1.14. The first-order chi connectivity index (χ1) is 11.7. The third-order valence-electron chi connectivity index (χ3n) is 3.58. The Morgan fingerprint density at radius 3 is 2.92 bits per heavy atom. The largest absolute Gasteiger partial charge is 0.384 e. The molecule has 4 aromatic rings. The maximum absolute atomic E-state index is 5.83. The molecular weight excluding hydrogens is 324 g/mol. The predicted octanol–water partition coefficient (Wildman–Crippen LogP) is 1.54. The lowest BCUT2D eigenvalue weighted by atomic mass is 10.3. The number of aromatic nitrogens is 7. The topological polar surface area (TPSA) is 112 Å². The molecule has 0 radical (unpaired) electrons. The zero-order chi connectivity index (χ0) is 16.5. The summed E-state index contributed by atoms with van der Waals surface area (Å²) in [6.45, 7) is 1.98. The minimum absolute atomic E-state index is 0.430. The number of fused-ring (bicyclic) bond motifs is 1. The van der Waals surface area contributed by atoms with Gasteiger partial charge in [0.1, 0.15) is 17.0 Å². The molecule has 0 amide bonds. The van der Waals surface area contributed by atoms with Crippen molar-refractivity contribution in [2.45, 2.75) is 17.6 Å². The Bertz CT molecular complexity index is 991. The summed E-state index contributed by atoms with van der Waals surface area (Å²) in [5, 5.41) is 18.6. The standard InChI is InChI=1S/C15H14N8S/c1-9-11(21-23(20-9)10-5-3-2-4-6-10)8-24-12-7-13(16)17-15-14(12)18-22-19-15/h2-7H,8H2,1H3,(H3,16,17,18,19,22)/p+1. The third-order valence-corrected chi connectivity index (χ3v) is 4.63. The molecule has 1 aromatic carbocycles. The number of rotatable bonds is 4. The number of pyridine rings is 1. The Morgan fingerprint density at radius 2 is 2.08 bits per heavy atom. The molecule has 24 heavy (non-hydrogen) atoms. The summed E-state index contributed by atoms with van der Waals surface area (Å²) in [5.41, 5.74) is 10.1. The first-order valence-electron chi connectivity index (χ1n) is 7.34. The molecule has 0 saturated carbocycles. The number of H-pyrrole nitrogens is 2. The lowest BCUT2D eigenvalue weighted by molar-refractivity contribution is -0.489. The summed E-state index contributed by atoms with van der Waals surface area (Å²) in [7, 11) is 0. The Hall–Kier alpha value is -2.94. The molecule has 0 fully saturated rings. The molecule has 0 saturated heterocycles. The molecule has 3 heterocycles. The summed E-state index contributed by atoms with van der Waals surface area (Å²) in [4.78, 5) is 6.86. The Balaban J connectivity index is 1.60. The first kappa shape index (κ1) is 14.6. The van der Waals surface area contributed by atoms with Crippen molar-refractivity contribution in [3.63, 3.8) is 0 Å². The van der Waals surface area contributed by atoms with Gasteiger partial charge in [0, 0.05) is 16.9 Å². The SMILES string of the molecule is Cc1nn(-c2ccccc2)[nH+]c1CSc1cc(N)nc2n[nH]nc12. The molecule has 8 nitrogen and oxygen atoms in total. The molecule has 0 bridgehead atoms. The fourth-order valence-corrected chi connectivity index (χ4v) is 3.41. The van der Waals surface area contributed by atoms with Crippen molar-refractivity contribution < 1.29 is 5.10 Å². The Morgan fingerprint density at radius 1 is 1.25 bits per heavy atom. The number of aryl methyl sites for hydroxylation is 1. The van der Waals surface area contributed by atoms with E-state index >= 15 is 0 Å². The van der Waals surface area contributed by atoms with E-state index in [0.717, 1.165) is 27.5 Å². The molecule has 0 spiro atoms. The van der Waals surface area contributed by atoms with Crippen LogP contribution >= 0.6 is 11.8 Å². The number of nitrogen functional groups attached to an aromatic ring is 1. The number of aromatic amines is 2. The van der Waals surface area contributed by atoms with E-state index in [-0.39, 0.29) is 0 Å². The van der Waals surface area contributed by atoms with Crippen LogP contribution in [0.1, 0.15) is 11.4 Å². The Kier molecular flexibility index (Phi) is 3.62. The third kappa shape index (κ3) is 2.69. The van der Waals surface area contributed by atoms with Crippen LogP contribution in [0.15, 0.2) is 41.3 Å². The van der Waals surface area contributed by atoms with Gasteiger partial charge < -0.3 is 5.73 Å². The van der Waals surface area contributed by atoms with E-state index in [1.807, 2.05) is 43.3 Å². The van der Waals surface area contributed by atoms with Gasteiger partial charge in [0.05, 0.1) is 5.75 Å². The van der Waals surface area contributed by atoms with Crippen molar-refractivity contribution in [2.24, 2.45) is 0 Å². The molecule has 9 heteroatoms. The van der Waals surface area contributed by atoms with Gasteiger partial charge in [0.15, 0.2) is 5.69 Å². The molecule has 0 aliphatic rings. The number of para-hydroxylation sites is 1. The van der Waals surface area contributed by atoms with Crippen molar-refractivity contribution >= 4 is 28.7 Å². The number of thioether (sulfide) groups is 1. The van der Waals surface area contributed by atoms with Crippen molar-refractivity contribution in [1.29, 1.82) is 0 Å². The summed E-state index contributed by atoms with van der Waals surface area (Å²) in [6.07, 6.45) is 0. The zero-order valence-corrected chi connectivity index (χ0v) is 13.7. The van der Waals surface area contributed by atoms with Crippen LogP contribution < -0.4 is 10.8 Å². The number of nitrogens with two attached hydrogens (primary N) is 1. The summed E-state index contributed by atoms with van der Waals surface area (Å²) in [6, 6.07) is 11.8. The zero-order valence-electron chi connectivity index (χ0n) is 12.9. The van der Waals surface area contributed by atoms with Crippen LogP contribution in [-0.2, 0) is 5.75 Å². The van der Waals surface area contributed by atoms with Gasteiger partial charge in [-0.25, -0.2) is 4.98 Å². The smallest absolute Gasteiger partial charge is 0.219 e. The van der Waals surface area contributed by atoms with E-state index in [2.05, 4.69) is 30.6 Å². The summed E-state index contributed by atoms with van der Waals surface area (Å²) >= 11 is 1.62. The first-order valence-corrected chi connectivity index (χ1v) is 8.32. The fourth-order valence-electron chi connectivity index (χ4n) is 2.36. The summed E-state index contributed by atoms with van der Waals surface area (Å²) < 4.78 is 0. The molecule has 3 aromatic heterocycles. The Labute approximate surface area is 141 Å². The maximum Gasteiger partial charge on any atom is 0.219 e. The van der Waals surface area contributed by atoms with Gasteiger partial charge in [-0.2, -0.15) is 15.4 Å². The van der Waals surface area contributed by atoms with Crippen molar-refractivity contribution in [1.82, 2.24) is 30.3 Å². The van der Waals surface area contributed by atoms with E-state index in [9.17, 15) is 0 Å². The molecule has 4 rings (SSSR count). The van der Waals surface area contributed by atoms with Gasteiger partial charge in [-0.1, -0.05) is 18.2 Å². The number of anilines is 1. The highest BCUT2D eigenvalue weighted by Gasteiger charge is 2.18. The van der Waals surface area contributed by atoms with Crippen LogP contribution in [0.5, 0.6) is 0 Å². The molecule has 0 aliphatic heterocycles. The van der Waals surface area contributed by atoms with E-state index in [1.165, 1.54) is 0 Å². The van der Waals surface area contributed by atoms with Gasteiger partial charge >= 0.3 is 0 Å². The lowest BCUT2D eigenvalue weighted by Gasteiger charge is -2.00. The number of nitrogens with one attached hydrogen (secondary N) is 2. The van der Waals surface area contributed by atoms with Gasteiger partial charge in [0.2, 0.25) is 11.3 Å². The number of benzene rings is 1. The van der Waals surface area contributed by atoms with Crippen LogP contribution in [0.4, 0.5) is 5.82 Å². The van der Waals surface area contributed by atoms with Crippen LogP contribution in [0.2, 0.25) is 0 Å². The van der Waals surface area contributed by atoms with Crippen molar-refractivity contribution in [3.8, 4) is 5.69 Å². The lowest BCUT2D eigenvalue weighted by Crippen LogP contribution is -2.20. The van der Waals surface area contributed by atoms with E-state index < -0.39 is 0 Å². The van der Waals surface area contributed by atoms with Gasteiger partial charge in [-0.05, 0) is 23.0 Å². The molecular formula is C15H15N8S+. The number of hydrogen-bond acceptors (Lipinski definition) is 6. The minimum Gasteiger partial charge on any atom is -0.384 e. The second-order valence-electron chi connectivity index (χ2n) is 5.25. The van der Waals surface area contributed by atoms with Gasteiger partial charge in [-0.15, -0.1) is 16.9 Å². The highest BCUT2D eigenvalue weighted by molar-refractivity contribution is 7.98. The van der Waals surface area contributed by atoms with Crippen molar-refractivity contribution in [2.75, 3.05) is 5.73 Å². The second-order valence-corrected chi connectivity index (χ2v) is 6.27. The van der Waals surface area contributed by atoms with Gasteiger partial charge in [0.25, 0.3) is 0 Å². The molecule has 0 unspecified atom stereocenters. The minimum atomic E-state index is 0.430. The predicted molar refractivity (Wildman–Crippen MR) is 90.5 cm³/mol. The quantitative estimate of drug-likeness (QED) is 0.545. The normalized spacial score (nSPS) is 11.2. The van der Waals surface area contributed by atoms with E-state index in [4.69, 9.17) is 5.73 Å². The van der Waals surface area contributed by atoms with Crippen molar-refractivity contribution in [3.05, 3.63) is 47.8 Å². The number of hydrogen-bond donors (Lipinski definition) is 2. The van der Waals surface area contributed by atoms with Crippen LogP contribution in [-0.4, -0.2) is 30.3 Å². The molecule has 0 aliphatic carbocycles. The van der Waals surface area contributed by atoms with Crippen LogP contribution in [0.3, 0.4) is 0 Å². The average Bonchev–Trinajstić information content (AvgIpc) is 3.20. The highest BCUT2D eigenvalue weighted by Crippen LogP contribution is 2.28. The van der Waals surface area contributed by atoms with E-state index in [0.29, 0.717) is 17.2 Å². The van der Waals surface area contributed by atoms with Crippen LogP contribution in [0, 0.1) is 6.92 Å². The second kappa shape index (κ2) is 5.93.